The predicted octanol–water partition coefficient (Wildman–Crippen LogP) is 1.89. The summed E-state index contributed by atoms with van der Waals surface area (Å²) in [4.78, 5) is 26.6. The summed E-state index contributed by atoms with van der Waals surface area (Å²) < 4.78 is 0. The van der Waals surface area contributed by atoms with Crippen LogP contribution in [0.3, 0.4) is 0 Å². The average Bonchev–Trinajstić information content (AvgIpc) is 2.32. The Kier molecular flexibility index (Phi) is 5.30. The second-order valence-corrected chi connectivity index (χ2v) is 7.54. The van der Waals surface area contributed by atoms with Gasteiger partial charge in [-0.2, -0.15) is 11.8 Å². The van der Waals surface area contributed by atoms with E-state index < -0.39 is 6.04 Å². The van der Waals surface area contributed by atoms with Crippen LogP contribution in [0.4, 0.5) is 0 Å². The van der Waals surface area contributed by atoms with Gasteiger partial charge in [0.2, 0.25) is 11.8 Å². The molecule has 0 aromatic carbocycles. The Hall–Kier alpha value is -0.710. The molecule has 0 radical (unpaired) electrons. The molecule has 19 heavy (non-hydrogen) atoms. The first-order chi connectivity index (χ1) is 8.72. The fourth-order valence-corrected chi connectivity index (χ4v) is 2.63. The molecule has 1 N–H and O–H groups in total. The van der Waals surface area contributed by atoms with Gasteiger partial charge in [0.25, 0.3) is 0 Å². The van der Waals surface area contributed by atoms with Gasteiger partial charge in [-0.1, -0.05) is 34.6 Å². The van der Waals surface area contributed by atoms with Crippen molar-refractivity contribution in [2.24, 2.45) is 5.41 Å². The third-order valence-electron chi connectivity index (χ3n) is 3.60. The number of amides is 2. The molecule has 0 bridgehead atoms. The van der Waals surface area contributed by atoms with E-state index in [0.29, 0.717) is 18.2 Å². The van der Waals surface area contributed by atoms with E-state index in [1.165, 1.54) is 0 Å². The Bertz CT molecular complexity index is 352. The van der Waals surface area contributed by atoms with Gasteiger partial charge < -0.3 is 10.2 Å². The molecule has 1 saturated heterocycles. The van der Waals surface area contributed by atoms with Crippen molar-refractivity contribution in [2.75, 3.05) is 12.8 Å². The fourth-order valence-electron chi connectivity index (χ4n) is 2.32. The van der Waals surface area contributed by atoms with E-state index in [4.69, 9.17) is 0 Å². The lowest BCUT2D eigenvalue weighted by molar-refractivity contribution is -0.152. The Labute approximate surface area is 120 Å². The highest BCUT2D eigenvalue weighted by molar-refractivity contribution is 7.99. The molecule has 3 unspecified atom stereocenters. The highest BCUT2D eigenvalue weighted by Gasteiger charge is 2.44. The van der Waals surface area contributed by atoms with Crippen LogP contribution in [0.15, 0.2) is 0 Å². The quantitative estimate of drug-likeness (QED) is 0.858. The monoisotopic (exact) mass is 286 g/mol. The Morgan fingerprint density at radius 2 is 1.95 bits per heavy atom. The molecule has 2 amide bonds. The smallest absolute Gasteiger partial charge is 0.246 e. The molecule has 1 aliphatic rings. The predicted molar refractivity (Wildman–Crippen MR) is 80.2 cm³/mol. The molecular formula is C14H26N2O2S. The minimum atomic E-state index is -0.420. The van der Waals surface area contributed by atoms with Crippen molar-refractivity contribution < 1.29 is 9.59 Å². The van der Waals surface area contributed by atoms with Gasteiger partial charge in [0, 0.05) is 11.8 Å². The second kappa shape index (κ2) is 6.16. The number of carbonyl (C=O) groups is 2. The van der Waals surface area contributed by atoms with Crippen LogP contribution in [0.5, 0.6) is 0 Å². The van der Waals surface area contributed by atoms with E-state index >= 15 is 0 Å². The lowest BCUT2D eigenvalue weighted by Crippen LogP contribution is -2.67. The van der Waals surface area contributed by atoms with Crippen LogP contribution in [0.25, 0.3) is 0 Å². The van der Waals surface area contributed by atoms with E-state index in [0.717, 1.165) is 0 Å². The number of rotatable bonds is 4. The molecule has 1 fully saturated rings. The number of hydrogen-bond donors (Lipinski definition) is 1. The van der Waals surface area contributed by atoms with Crippen molar-refractivity contribution in [2.45, 2.75) is 58.4 Å². The summed E-state index contributed by atoms with van der Waals surface area (Å²) in [6, 6.07) is -0.738. The lowest BCUT2D eigenvalue weighted by Gasteiger charge is -2.43. The summed E-state index contributed by atoms with van der Waals surface area (Å²) in [6.07, 6.45) is 2.69. The molecule has 5 heteroatoms. The molecule has 0 saturated carbocycles. The van der Waals surface area contributed by atoms with Gasteiger partial charge in [-0.3, -0.25) is 9.59 Å². The van der Waals surface area contributed by atoms with E-state index in [1.807, 2.05) is 34.0 Å². The van der Waals surface area contributed by atoms with Gasteiger partial charge in [0.1, 0.15) is 12.1 Å². The summed E-state index contributed by atoms with van der Waals surface area (Å²) >= 11 is 1.72. The molecule has 110 valence electrons. The first-order valence-corrected chi connectivity index (χ1v) is 8.14. The average molecular weight is 286 g/mol. The van der Waals surface area contributed by atoms with Crippen molar-refractivity contribution in [3.8, 4) is 0 Å². The van der Waals surface area contributed by atoms with Crippen LogP contribution in [-0.4, -0.2) is 46.8 Å². The van der Waals surface area contributed by atoms with Crippen molar-refractivity contribution in [3.05, 3.63) is 0 Å². The summed E-state index contributed by atoms with van der Waals surface area (Å²) in [5.74, 6) is 0.0372. The van der Waals surface area contributed by atoms with Crippen LogP contribution < -0.4 is 5.32 Å². The van der Waals surface area contributed by atoms with Gasteiger partial charge in [-0.05, 0) is 18.1 Å². The number of nitrogens with one attached hydrogen (secondary N) is 1. The van der Waals surface area contributed by atoms with Crippen LogP contribution >= 0.6 is 11.8 Å². The first-order valence-electron chi connectivity index (χ1n) is 6.86. The van der Waals surface area contributed by atoms with Gasteiger partial charge in [-0.25, -0.2) is 0 Å². The first kappa shape index (κ1) is 16.3. The number of nitrogens with zero attached hydrogens (tertiary/aromatic N) is 1. The van der Waals surface area contributed by atoms with Gasteiger partial charge >= 0.3 is 0 Å². The van der Waals surface area contributed by atoms with E-state index in [9.17, 15) is 9.59 Å². The number of piperazine rings is 1. The summed E-state index contributed by atoms with van der Waals surface area (Å²) in [5.41, 5.74) is -0.258. The van der Waals surface area contributed by atoms with Crippen LogP contribution in [0.1, 0.15) is 41.0 Å². The van der Waals surface area contributed by atoms with E-state index in [2.05, 4.69) is 12.2 Å². The molecule has 0 spiro atoms. The Morgan fingerprint density at radius 3 is 2.37 bits per heavy atom. The van der Waals surface area contributed by atoms with Crippen molar-refractivity contribution >= 4 is 23.6 Å². The normalized spacial score (nSPS) is 26.3. The van der Waals surface area contributed by atoms with Crippen molar-refractivity contribution in [1.29, 1.82) is 0 Å². The molecule has 1 heterocycles. The zero-order valence-electron chi connectivity index (χ0n) is 12.8. The second-order valence-electron chi connectivity index (χ2n) is 6.27. The number of carbonyl (C=O) groups excluding carboxylic acids is 2. The number of hydrogen-bond acceptors (Lipinski definition) is 3. The van der Waals surface area contributed by atoms with Crippen LogP contribution in [0.2, 0.25) is 0 Å². The Balaban J connectivity index is 2.99. The number of thioether (sulfide) groups is 1. The van der Waals surface area contributed by atoms with Gasteiger partial charge in [0.05, 0.1) is 0 Å². The molecule has 0 aromatic heterocycles. The molecular weight excluding hydrogens is 260 g/mol. The largest absolute Gasteiger partial charge is 0.342 e. The van der Waals surface area contributed by atoms with Crippen molar-refractivity contribution in [3.63, 3.8) is 0 Å². The highest BCUT2D eigenvalue weighted by Crippen LogP contribution is 2.26. The molecule has 0 aliphatic carbocycles. The topological polar surface area (TPSA) is 49.4 Å². The Morgan fingerprint density at radius 1 is 1.37 bits per heavy atom. The minimum absolute atomic E-state index is 0.0182. The zero-order valence-corrected chi connectivity index (χ0v) is 13.6. The lowest BCUT2D eigenvalue weighted by atomic mass is 9.83. The fraction of sp³-hybridized carbons (Fsp3) is 0.857. The van der Waals surface area contributed by atoms with Gasteiger partial charge in [-0.15, -0.1) is 0 Å². The van der Waals surface area contributed by atoms with Crippen molar-refractivity contribution in [1.82, 2.24) is 10.2 Å². The van der Waals surface area contributed by atoms with E-state index in [1.54, 1.807) is 16.7 Å². The highest BCUT2D eigenvalue weighted by atomic mass is 32.2. The molecule has 0 aromatic rings. The van der Waals surface area contributed by atoms with Crippen LogP contribution in [0, 0.1) is 5.41 Å². The summed E-state index contributed by atoms with van der Waals surface area (Å²) in [6.45, 7) is 10.6. The molecule has 4 nitrogen and oxygen atoms in total. The molecule has 3 atom stereocenters. The third-order valence-corrected chi connectivity index (χ3v) is 4.56. The molecule has 1 rings (SSSR count). The van der Waals surface area contributed by atoms with Gasteiger partial charge in [0.15, 0.2) is 0 Å². The summed E-state index contributed by atoms with van der Waals surface area (Å²) in [5, 5.41) is 3.23. The maximum atomic E-state index is 12.6. The van der Waals surface area contributed by atoms with Crippen LogP contribution in [-0.2, 0) is 9.59 Å². The third kappa shape index (κ3) is 3.65. The SMILES string of the molecule is CCC1C(=O)NC(C(C)(C)C)C(=O)N1CC(C)SC. The maximum absolute atomic E-state index is 12.6. The summed E-state index contributed by atoms with van der Waals surface area (Å²) in [7, 11) is 0. The standard InChI is InChI=1S/C14H26N2O2S/c1-7-10-12(17)15-11(14(3,4)5)13(18)16(10)8-9(2)19-6/h9-11H,7-8H2,1-6H3,(H,15,17). The molecule has 1 aliphatic heterocycles. The van der Waals surface area contributed by atoms with E-state index in [-0.39, 0.29) is 23.3 Å². The zero-order chi connectivity index (χ0) is 14.8. The maximum Gasteiger partial charge on any atom is 0.246 e. The minimum Gasteiger partial charge on any atom is -0.342 e.